The van der Waals surface area contributed by atoms with E-state index in [4.69, 9.17) is 5.73 Å². The van der Waals surface area contributed by atoms with E-state index in [0.717, 1.165) is 19.3 Å². The minimum Gasteiger partial charge on any atom is -0.397 e. The van der Waals surface area contributed by atoms with Crippen LogP contribution in [-0.2, 0) is 0 Å². The van der Waals surface area contributed by atoms with Crippen molar-refractivity contribution in [3.8, 4) is 0 Å². The molecule has 86 valence electrons. The van der Waals surface area contributed by atoms with Crippen LogP contribution in [-0.4, -0.2) is 6.04 Å². The Balaban J connectivity index is 2.14. The molecule has 2 nitrogen and oxygen atoms in total. The molecule has 0 saturated heterocycles. The molecule has 0 fully saturated rings. The van der Waals surface area contributed by atoms with Gasteiger partial charge in [0, 0.05) is 12.1 Å². The summed E-state index contributed by atoms with van der Waals surface area (Å²) in [5.41, 5.74) is 7.08. The van der Waals surface area contributed by atoms with Gasteiger partial charge in [0.05, 0.1) is 15.8 Å². The van der Waals surface area contributed by atoms with Crippen molar-refractivity contribution in [2.24, 2.45) is 0 Å². The highest BCUT2D eigenvalue weighted by Crippen LogP contribution is 2.28. The number of benzene rings is 1. The molecule has 1 aliphatic carbocycles. The van der Waals surface area contributed by atoms with Gasteiger partial charge in [-0.3, -0.25) is 0 Å². The SMILES string of the molecule is Nc1cc(Br)c(F)cc1NC1CC=CCC1. The molecule has 0 bridgehead atoms. The first kappa shape index (κ1) is 11.5. The van der Waals surface area contributed by atoms with Gasteiger partial charge in [0.2, 0.25) is 0 Å². The molecule has 0 heterocycles. The number of nitrogens with two attached hydrogens (primary N) is 1. The van der Waals surface area contributed by atoms with Gasteiger partial charge in [-0.2, -0.15) is 0 Å². The smallest absolute Gasteiger partial charge is 0.139 e. The highest BCUT2D eigenvalue weighted by Gasteiger charge is 2.12. The van der Waals surface area contributed by atoms with Gasteiger partial charge in [0.25, 0.3) is 0 Å². The van der Waals surface area contributed by atoms with Crippen LogP contribution in [0.25, 0.3) is 0 Å². The second-order valence-electron chi connectivity index (χ2n) is 3.98. The monoisotopic (exact) mass is 284 g/mol. The fourth-order valence-electron chi connectivity index (χ4n) is 1.83. The molecule has 0 radical (unpaired) electrons. The van der Waals surface area contributed by atoms with E-state index in [1.54, 1.807) is 6.07 Å². The predicted molar refractivity (Wildman–Crippen MR) is 68.9 cm³/mol. The van der Waals surface area contributed by atoms with E-state index in [9.17, 15) is 4.39 Å². The summed E-state index contributed by atoms with van der Waals surface area (Å²) in [6, 6.07) is 3.39. The Morgan fingerprint density at radius 1 is 1.38 bits per heavy atom. The van der Waals surface area contributed by atoms with Crippen LogP contribution in [0, 0.1) is 5.82 Å². The molecule has 3 N–H and O–H groups in total. The standard InChI is InChI=1S/C12H14BrFN2/c13-9-6-11(15)12(7-10(9)14)16-8-4-2-1-3-5-8/h1-2,6-8,16H,3-5,15H2. The lowest BCUT2D eigenvalue weighted by atomic mass is 10.0. The lowest BCUT2D eigenvalue weighted by Crippen LogP contribution is -2.21. The van der Waals surface area contributed by atoms with Crippen LogP contribution in [0.15, 0.2) is 28.8 Å². The van der Waals surface area contributed by atoms with E-state index in [-0.39, 0.29) is 5.82 Å². The molecule has 2 rings (SSSR count). The summed E-state index contributed by atoms with van der Waals surface area (Å²) in [6.45, 7) is 0. The Bertz CT molecular complexity index is 418. The molecule has 1 aromatic rings. The van der Waals surface area contributed by atoms with Crippen molar-refractivity contribution < 1.29 is 4.39 Å². The van der Waals surface area contributed by atoms with Crippen LogP contribution in [0.5, 0.6) is 0 Å². The molecule has 16 heavy (non-hydrogen) atoms. The normalized spacial score (nSPS) is 19.8. The Morgan fingerprint density at radius 2 is 2.19 bits per heavy atom. The zero-order valence-electron chi connectivity index (χ0n) is 8.84. The molecule has 0 amide bonds. The van der Waals surface area contributed by atoms with Gasteiger partial charge >= 0.3 is 0 Å². The van der Waals surface area contributed by atoms with Gasteiger partial charge < -0.3 is 11.1 Å². The summed E-state index contributed by atoms with van der Waals surface area (Å²) in [7, 11) is 0. The highest BCUT2D eigenvalue weighted by molar-refractivity contribution is 9.10. The summed E-state index contributed by atoms with van der Waals surface area (Å²) in [5, 5.41) is 3.28. The molecular formula is C12H14BrFN2. The van der Waals surface area contributed by atoms with Crippen molar-refractivity contribution in [2.45, 2.75) is 25.3 Å². The van der Waals surface area contributed by atoms with E-state index in [1.165, 1.54) is 6.07 Å². The lowest BCUT2D eigenvalue weighted by Gasteiger charge is -2.21. The van der Waals surface area contributed by atoms with E-state index < -0.39 is 0 Å². The third kappa shape index (κ3) is 2.55. The minimum atomic E-state index is -0.289. The number of nitrogen functional groups attached to an aromatic ring is 1. The topological polar surface area (TPSA) is 38.0 Å². The molecule has 0 aliphatic heterocycles. The first-order valence-corrected chi connectivity index (χ1v) is 6.12. The molecule has 4 heteroatoms. The average molecular weight is 285 g/mol. The van der Waals surface area contributed by atoms with Gasteiger partial charge in [-0.1, -0.05) is 12.2 Å². The Labute approximate surface area is 103 Å². The number of hydrogen-bond acceptors (Lipinski definition) is 2. The van der Waals surface area contributed by atoms with Crippen molar-refractivity contribution in [3.63, 3.8) is 0 Å². The Kier molecular flexibility index (Phi) is 3.49. The summed E-state index contributed by atoms with van der Waals surface area (Å²) in [4.78, 5) is 0. The number of nitrogens with one attached hydrogen (secondary N) is 1. The van der Waals surface area contributed by atoms with E-state index in [0.29, 0.717) is 21.9 Å². The van der Waals surface area contributed by atoms with E-state index in [2.05, 4.69) is 33.4 Å². The van der Waals surface area contributed by atoms with Crippen LogP contribution in [0.1, 0.15) is 19.3 Å². The molecule has 0 spiro atoms. The first-order chi connectivity index (χ1) is 7.66. The van der Waals surface area contributed by atoms with Gasteiger partial charge in [-0.15, -0.1) is 0 Å². The zero-order chi connectivity index (χ0) is 11.5. The van der Waals surface area contributed by atoms with E-state index >= 15 is 0 Å². The lowest BCUT2D eigenvalue weighted by molar-refractivity contribution is 0.618. The second kappa shape index (κ2) is 4.87. The molecule has 1 atom stereocenters. The number of allylic oxidation sites excluding steroid dienone is 1. The maximum atomic E-state index is 13.4. The number of halogens is 2. The van der Waals surface area contributed by atoms with Gasteiger partial charge in [0.1, 0.15) is 5.82 Å². The van der Waals surface area contributed by atoms with Crippen molar-refractivity contribution in [3.05, 3.63) is 34.6 Å². The maximum Gasteiger partial charge on any atom is 0.139 e. The van der Waals surface area contributed by atoms with Crippen LogP contribution >= 0.6 is 15.9 Å². The zero-order valence-corrected chi connectivity index (χ0v) is 10.4. The summed E-state index contributed by atoms with van der Waals surface area (Å²) in [5.74, 6) is -0.289. The van der Waals surface area contributed by atoms with Gasteiger partial charge in [0.15, 0.2) is 0 Å². The first-order valence-electron chi connectivity index (χ1n) is 5.33. The third-order valence-electron chi connectivity index (χ3n) is 2.72. The number of rotatable bonds is 2. The van der Waals surface area contributed by atoms with Crippen LogP contribution in [0.3, 0.4) is 0 Å². The molecule has 1 aromatic carbocycles. The quantitative estimate of drug-likeness (QED) is 0.642. The molecule has 1 unspecified atom stereocenters. The van der Waals surface area contributed by atoms with Crippen LogP contribution in [0.4, 0.5) is 15.8 Å². The van der Waals surface area contributed by atoms with Crippen molar-refractivity contribution in [1.82, 2.24) is 0 Å². The van der Waals surface area contributed by atoms with Crippen molar-refractivity contribution in [1.29, 1.82) is 0 Å². The van der Waals surface area contributed by atoms with E-state index in [1.807, 2.05) is 0 Å². The third-order valence-corrected chi connectivity index (χ3v) is 3.33. The summed E-state index contributed by atoms with van der Waals surface area (Å²) < 4.78 is 13.8. The molecule has 0 saturated carbocycles. The second-order valence-corrected chi connectivity index (χ2v) is 4.83. The number of hydrogen-bond donors (Lipinski definition) is 2. The van der Waals surface area contributed by atoms with Crippen molar-refractivity contribution >= 4 is 27.3 Å². The predicted octanol–water partition coefficient (Wildman–Crippen LogP) is 3.69. The Morgan fingerprint density at radius 3 is 2.88 bits per heavy atom. The van der Waals surface area contributed by atoms with Gasteiger partial charge in [-0.05, 0) is 41.3 Å². The fraction of sp³-hybridized carbons (Fsp3) is 0.333. The maximum absolute atomic E-state index is 13.4. The van der Waals surface area contributed by atoms with Crippen LogP contribution < -0.4 is 11.1 Å². The highest BCUT2D eigenvalue weighted by atomic mass is 79.9. The molecule has 1 aliphatic rings. The van der Waals surface area contributed by atoms with Gasteiger partial charge in [-0.25, -0.2) is 4.39 Å². The fourth-order valence-corrected chi connectivity index (χ4v) is 2.19. The minimum absolute atomic E-state index is 0.289. The Hall–Kier alpha value is -1.03. The molecule has 0 aromatic heterocycles. The summed E-state index contributed by atoms with van der Waals surface area (Å²) in [6.07, 6.45) is 7.41. The average Bonchev–Trinajstić information content (AvgIpc) is 2.27. The largest absolute Gasteiger partial charge is 0.397 e. The molecular weight excluding hydrogens is 271 g/mol. The summed E-state index contributed by atoms with van der Waals surface area (Å²) >= 11 is 3.11. The number of anilines is 2. The van der Waals surface area contributed by atoms with Crippen LogP contribution in [0.2, 0.25) is 0 Å². The van der Waals surface area contributed by atoms with Crippen molar-refractivity contribution in [2.75, 3.05) is 11.1 Å².